The monoisotopic (exact) mass is 1320 g/mol. The molecule has 0 radical (unpaired) electrons. The summed E-state index contributed by atoms with van der Waals surface area (Å²) < 4.78 is 59.0. The number of methoxy groups -OCH3 is 6. The van der Waals surface area contributed by atoms with Gasteiger partial charge in [0.2, 0.25) is 11.5 Å². The molecule has 0 aliphatic carbocycles. The Labute approximate surface area is 536 Å². The molecule has 4 aliphatic rings. The number of fused-ring (bicyclic) bond motifs is 4. The highest BCUT2D eigenvalue weighted by atomic mass is 32.1. The van der Waals surface area contributed by atoms with E-state index in [0.29, 0.717) is 96.0 Å². The number of nitrogens with zero attached hydrogens (tertiary/aromatic N) is 4. The zero-order chi connectivity index (χ0) is 66.7. The van der Waals surface area contributed by atoms with Gasteiger partial charge in [-0.3, -0.25) is 9.80 Å². The summed E-state index contributed by atoms with van der Waals surface area (Å²) in [4.78, 5) is 71.8. The van der Waals surface area contributed by atoms with E-state index in [0.717, 1.165) is 132 Å². The molecule has 4 aliphatic heterocycles. The molecular weight excluding hydrogens is 1240 g/mol. The highest BCUT2D eigenvalue weighted by Crippen LogP contribution is 2.48. The fourth-order valence-electron chi connectivity index (χ4n) is 9.73. The molecule has 30 heteroatoms. The molecule has 2 atom stereocenters. The van der Waals surface area contributed by atoms with E-state index in [1.807, 2.05) is 60.7 Å². The zero-order valence-electron chi connectivity index (χ0n) is 51.3. The lowest BCUT2D eigenvalue weighted by atomic mass is 9.96. The van der Waals surface area contributed by atoms with Crippen molar-refractivity contribution in [1.82, 2.24) is 19.8 Å². The summed E-state index contributed by atoms with van der Waals surface area (Å²) >= 11 is 3.16. The number of carbonyl (C=O) groups is 6. The number of aromatic nitrogens is 2. The van der Waals surface area contributed by atoms with Gasteiger partial charge in [-0.05, 0) is 88.0 Å². The number of hydrogen-bond donors (Lipinski definition) is 8. The summed E-state index contributed by atoms with van der Waals surface area (Å²) in [6, 6.07) is 19.6. The van der Waals surface area contributed by atoms with Crippen molar-refractivity contribution in [2.24, 2.45) is 11.8 Å². The Morgan fingerprint density at radius 3 is 1.07 bits per heavy atom. The standard InChI is InChI=1S/2C25H31N3O5S.3C4H4O4/c2*1-29-21-12-18-24(23(31-3)22(21)30-2)34-25(27-18)26-13-16-8-10-28(11-9-16)14-17-15-32-19-6-4-5-7-20(19)33-17;3*5-3(6)1-2-4(7)8/h2*4-7,12,16-17H,8-11,13-15H2,1-3H3,(H,26,27);3*1-2H,(H,5,6)(H,7,8). The Bertz CT molecular complexity index is 3230. The third kappa shape index (κ3) is 22.0. The molecule has 10 rings (SSSR count). The number of nitrogens with one attached hydrogen (secondary N) is 2. The van der Waals surface area contributed by atoms with E-state index in [1.165, 1.54) is 0 Å². The lowest BCUT2D eigenvalue weighted by Crippen LogP contribution is -2.44. The van der Waals surface area contributed by atoms with Gasteiger partial charge in [0.05, 0.1) is 53.7 Å². The van der Waals surface area contributed by atoms with Crippen LogP contribution in [0, 0.1) is 11.8 Å². The predicted octanol–water partition coefficient (Wildman–Crippen LogP) is 7.71. The quantitative estimate of drug-likeness (QED) is 0.0302. The third-order valence-electron chi connectivity index (χ3n) is 14.0. The molecule has 0 bridgehead atoms. The first-order chi connectivity index (χ1) is 44.2. The van der Waals surface area contributed by atoms with Crippen LogP contribution in [0.5, 0.6) is 57.5 Å². The lowest BCUT2D eigenvalue weighted by Gasteiger charge is -2.35. The van der Waals surface area contributed by atoms with Crippen molar-refractivity contribution in [3.63, 3.8) is 0 Å². The van der Waals surface area contributed by atoms with Crippen LogP contribution in [0.3, 0.4) is 0 Å². The Kier molecular flexibility index (Phi) is 28.0. The van der Waals surface area contributed by atoms with Crippen molar-refractivity contribution >= 4 is 89.2 Å². The SMILES string of the molecule is COc1cc2nc(NCC3CCN(CC4COc5ccccc5O4)CC3)sc2c(OC)c1OC.COc1cc2nc(NCC3CCN(CC4COc5ccccc5O4)CC3)sc2c(OC)c1OC.O=C(O)C=CC(=O)O.O=C(O)C=CC(=O)O.O=C(O)C=CC(=O)O. The van der Waals surface area contributed by atoms with Crippen LogP contribution in [0.4, 0.5) is 10.3 Å². The minimum absolute atomic E-state index is 0.0799. The minimum atomic E-state index is -1.26. The van der Waals surface area contributed by atoms with E-state index in [1.54, 1.807) is 65.3 Å². The molecule has 2 saturated heterocycles. The highest BCUT2D eigenvalue weighted by Gasteiger charge is 2.29. The summed E-state index contributed by atoms with van der Waals surface area (Å²) in [7, 11) is 9.75. The first-order valence-electron chi connectivity index (χ1n) is 28.5. The summed E-state index contributed by atoms with van der Waals surface area (Å²) in [5.41, 5.74) is 1.68. The van der Waals surface area contributed by atoms with Gasteiger partial charge in [0.15, 0.2) is 56.3 Å². The number of thiazole rings is 2. The molecule has 496 valence electrons. The molecule has 4 aromatic carbocycles. The Morgan fingerprint density at radius 2 is 0.783 bits per heavy atom. The van der Waals surface area contributed by atoms with Crippen molar-refractivity contribution in [1.29, 1.82) is 0 Å². The molecule has 8 N–H and O–H groups in total. The summed E-state index contributed by atoms with van der Waals surface area (Å²) in [6.07, 6.45) is 8.09. The maximum Gasteiger partial charge on any atom is 0.328 e. The molecule has 0 spiro atoms. The number of rotatable bonds is 22. The zero-order valence-corrected chi connectivity index (χ0v) is 52.9. The Balaban J connectivity index is 0.000000216. The summed E-state index contributed by atoms with van der Waals surface area (Å²) in [6.45, 7) is 9.08. The molecule has 2 fully saturated rings. The van der Waals surface area contributed by atoms with Crippen molar-refractivity contribution < 1.29 is 107 Å². The van der Waals surface area contributed by atoms with Crippen molar-refractivity contribution in [3.8, 4) is 57.5 Å². The van der Waals surface area contributed by atoms with E-state index >= 15 is 0 Å². The molecule has 2 unspecified atom stereocenters. The average Bonchev–Trinajstić information content (AvgIpc) is 1.62. The van der Waals surface area contributed by atoms with Crippen molar-refractivity contribution in [2.45, 2.75) is 37.9 Å². The fourth-order valence-corrected chi connectivity index (χ4v) is 11.7. The molecule has 28 nitrogen and oxygen atoms in total. The van der Waals surface area contributed by atoms with Gasteiger partial charge in [-0.1, -0.05) is 46.9 Å². The average molecular weight is 1320 g/mol. The molecular formula is C62H74N6O22S2. The summed E-state index contributed by atoms with van der Waals surface area (Å²) in [5, 5.41) is 55.7. The van der Waals surface area contributed by atoms with Crippen LogP contribution in [0.25, 0.3) is 20.4 Å². The van der Waals surface area contributed by atoms with Crippen molar-refractivity contribution in [3.05, 3.63) is 97.1 Å². The maximum atomic E-state index is 9.55. The number of para-hydroxylation sites is 4. The second kappa shape index (κ2) is 36.2. The second-order valence-electron chi connectivity index (χ2n) is 20.3. The number of hydrogen-bond acceptors (Lipinski definition) is 24. The van der Waals surface area contributed by atoms with E-state index < -0.39 is 35.8 Å². The predicted molar refractivity (Wildman–Crippen MR) is 340 cm³/mol. The minimum Gasteiger partial charge on any atom is -0.493 e. The van der Waals surface area contributed by atoms with E-state index in [-0.39, 0.29) is 12.2 Å². The van der Waals surface area contributed by atoms with E-state index in [9.17, 15) is 28.8 Å². The normalized spacial score (nSPS) is 16.2. The van der Waals surface area contributed by atoms with Crippen LogP contribution < -0.4 is 58.0 Å². The number of piperidine rings is 2. The third-order valence-corrected chi connectivity index (χ3v) is 16.1. The van der Waals surface area contributed by atoms with Crippen LogP contribution >= 0.6 is 22.7 Å². The van der Waals surface area contributed by atoms with Crippen molar-refractivity contribution in [2.75, 3.05) is 119 Å². The molecule has 0 amide bonds. The first-order valence-corrected chi connectivity index (χ1v) is 30.2. The lowest BCUT2D eigenvalue weighted by molar-refractivity contribution is -0.134. The number of aliphatic carboxylic acids is 6. The molecule has 0 saturated carbocycles. The van der Waals surface area contributed by atoms with Crippen LogP contribution in [0.15, 0.2) is 97.1 Å². The number of benzene rings is 4. The fraction of sp³-hybridized carbons (Fsp3) is 0.387. The van der Waals surface area contributed by atoms with Gasteiger partial charge in [-0.15, -0.1) is 0 Å². The topological polar surface area (TPSA) is 372 Å². The number of ether oxygens (including phenoxy) is 10. The molecule has 6 heterocycles. The van der Waals surface area contributed by atoms with Gasteiger partial charge in [-0.2, -0.15) is 0 Å². The highest BCUT2D eigenvalue weighted by molar-refractivity contribution is 7.23. The van der Waals surface area contributed by atoms with E-state index in [4.69, 9.17) is 88.0 Å². The first kappa shape index (κ1) is 71.3. The van der Waals surface area contributed by atoms with Gasteiger partial charge in [0.1, 0.15) is 34.8 Å². The van der Waals surface area contributed by atoms with E-state index in [2.05, 4.69) is 20.4 Å². The van der Waals surface area contributed by atoms with Gasteiger partial charge in [0.25, 0.3) is 0 Å². The Morgan fingerprint density at radius 1 is 0.478 bits per heavy atom. The second-order valence-corrected chi connectivity index (χ2v) is 22.3. The number of carboxylic acid groups (broad SMARTS) is 6. The number of anilines is 2. The number of likely N-dealkylation sites (tertiary alicyclic amines) is 2. The summed E-state index contributed by atoms with van der Waals surface area (Å²) in [5.74, 6) is 0.795. The van der Waals surface area contributed by atoms with Crippen LogP contribution in [0.1, 0.15) is 25.7 Å². The molecule has 6 aromatic rings. The Hall–Kier alpha value is -9.78. The smallest absolute Gasteiger partial charge is 0.328 e. The molecule has 92 heavy (non-hydrogen) atoms. The number of carboxylic acids is 6. The largest absolute Gasteiger partial charge is 0.493 e. The van der Waals surface area contributed by atoms with Gasteiger partial charge in [0, 0.05) is 74.8 Å². The van der Waals surface area contributed by atoms with Crippen LogP contribution in [-0.2, 0) is 28.8 Å². The van der Waals surface area contributed by atoms with Crippen LogP contribution in [-0.4, -0.2) is 207 Å². The van der Waals surface area contributed by atoms with Gasteiger partial charge < -0.3 is 88.6 Å². The van der Waals surface area contributed by atoms with Gasteiger partial charge >= 0.3 is 35.8 Å². The van der Waals surface area contributed by atoms with Gasteiger partial charge in [-0.25, -0.2) is 38.7 Å². The van der Waals surface area contributed by atoms with Crippen LogP contribution in [0.2, 0.25) is 0 Å². The molecule has 2 aromatic heterocycles. The maximum absolute atomic E-state index is 9.55.